The Labute approximate surface area is 103 Å². The topological polar surface area (TPSA) is 111 Å². The molecular formula is C12H12N4O2. The fourth-order valence-corrected chi connectivity index (χ4v) is 1.65. The van der Waals surface area contributed by atoms with Gasteiger partial charge in [0.1, 0.15) is 5.82 Å². The van der Waals surface area contributed by atoms with Gasteiger partial charge in [-0.25, -0.2) is 4.98 Å². The van der Waals surface area contributed by atoms with Crippen molar-refractivity contribution in [3.8, 4) is 0 Å². The molecule has 6 nitrogen and oxygen atoms in total. The largest absolute Gasteiger partial charge is 0.384 e. The summed E-state index contributed by atoms with van der Waals surface area (Å²) >= 11 is 0. The normalized spacial score (nSPS) is 10.2. The summed E-state index contributed by atoms with van der Waals surface area (Å²) in [6.07, 6.45) is 0. The molecule has 0 atom stereocenters. The highest BCUT2D eigenvalue weighted by Gasteiger charge is 2.12. The molecule has 0 saturated heterocycles. The van der Waals surface area contributed by atoms with Crippen LogP contribution in [0.4, 0.5) is 5.82 Å². The molecule has 2 rings (SSSR count). The van der Waals surface area contributed by atoms with Gasteiger partial charge in [-0.05, 0) is 12.1 Å². The summed E-state index contributed by atoms with van der Waals surface area (Å²) in [7, 11) is 0. The molecule has 1 aromatic heterocycles. The van der Waals surface area contributed by atoms with Crippen LogP contribution in [-0.2, 0) is 4.79 Å². The summed E-state index contributed by atoms with van der Waals surface area (Å²) < 4.78 is 0. The van der Waals surface area contributed by atoms with Crippen LogP contribution in [0, 0.1) is 0 Å². The Morgan fingerprint density at radius 3 is 2.72 bits per heavy atom. The lowest BCUT2D eigenvalue weighted by atomic mass is 10.1. The van der Waals surface area contributed by atoms with Gasteiger partial charge in [0.25, 0.3) is 5.91 Å². The number of hydrogen-bond acceptors (Lipinski definition) is 4. The molecular weight excluding hydrogens is 232 g/mol. The van der Waals surface area contributed by atoms with E-state index in [9.17, 15) is 9.59 Å². The predicted octanol–water partition coefficient (Wildman–Crippen LogP) is 0.0321. The average Bonchev–Trinajstić information content (AvgIpc) is 2.34. The molecule has 0 spiro atoms. The second-order valence-corrected chi connectivity index (χ2v) is 3.76. The van der Waals surface area contributed by atoms with E-state index in [0.717, 1.165) is 0 Å². The van der Waals surface area contributed by atoms with Crippen LogP contribution >= 0.6 is 0 Å². The molecule has 2 amide bonds. The Bertz CT molecular complexity index is 625. The van der Waals surface area contributed by atoms with Crippen molar-refractivity contribution in [2.24, 2.45) is 5.73 Å². The molecule has 0 unspecified atom stereocenters. The first kappa shape index (κ1) is 11.8. The van der Waals surface area contributed by atoms with Crippen molar-refractivity contribution in [1.82, 2.24) is 10.3 Å². The number of anilines is 1. The summed E-state index contributed by atoms with van der Waals surface area (Å²) in [6.45, 7) is -0.213. The van der Waals surface area contributed by atoms with Crippen molar-refractivity contribution in [1.29, 1.82) is 0 Å². The van der Waals surface area contributed by atoms with Crippen LogP contribution in [0.2, 0.25) is 0 Å². The summed E-state index contributed by atoms with van der Waals surface area (Å²) in [5.74, 6) is -0.758. The van der Waals surface area contributed by atoms with E-state index in [2.05, 4.69) is 10.3 Å². The fourth-order valence-electron chi connectivity index (χ4n) is 1.65. The molecule has 2 aromatic rings. The molecule has 0 aliphatic heterocycles. The fraction of sp³-hybridized carbons (Fsp3) is 0.0833. The first-order valence-electron chi connectivity index (χ1n) is 5.29. The smallest absolute Gasteiger partial charge is 0.252 e. The highest BCUT2D eigenvalue weighted by Crippen LogP contribution is 2.19. The maximum atomic E-state index is 11.9. The minimum Gasteiger partial charge on any atom is -0.384 e. The zero-order chi connectivity index (χ0) is 13.1. The summed E-state index contributed by atoms with van der Waals surface area (Å²) in [4.78, 5) is 26.7. The number of hydrogen-bond donors (Lipinski definition) is 3. The van der Waals surface area contributed by atoms with E-state index in [1.165, 1.54) is 6.07 Å². The zero-order valence-corrected chi connectivity index (χ0v) is 9.51. The molecule has 0 saturated carbocycles. The van der Waals surface area contributed by atoms with E-state index in [1.54, 1.807) is 24.3 Å². The molecule has 0 radical (unpaired) electrons. The predicted molar refractivity (Wildman–Crippen MR) is 67.7 cm³/mol. The van der Waals surface area contributed by atoms with E-state index in [-0.39, 0.29) is 12.4 Å². The number of primary amides is 1. The number of nitrogens with two attached hydrogens (primary N) is 2. The van der Waals surface area contributed by atoms with Crippen molar-refractivity contribution in [3.63, 3.8) is 0 Å². The Kier molecular flexibility index (Phi) is 3.09. The molecule has 5 N–H and O–H groups in total. The zero-order valence-electron chi connectivity index (χ0n) is 9.51. The quantitative estimate of drug-likeness (QED) is 0.707. The first-order valence-corrected chi connectivity index (χ1v) is 5.29. The highest BCUT2D eigenvalue weighted by molar-refractivity contribution is 6.07. The number of nitrogen functional groups attached to an aromatic ring is 1. The number of rotatable bonds is 3. The van der Waals surface area contributed by atoms with Crippen molar-refractivity contribution >= 4 is 28.5 Å². The number of nitrogens with zero attached hydrogens (tertiary/aromatic N) is 1. The lowest BCUT2D eigenvalue weighted by Gasteiger charge is -2.07. The van der Waals surface area contributed by atoms with Crippen molar-refractivity contribution in [3.05, 3.63) is 35.9 Å². The summed E-state index contributed by atoms with van der Waals surface area (Å²) in [6, 6.07) is 8.60. The Morgan fingerprint density at radius 2 is 2.00 bits per heavy atom. The molecule has 0 fully saturated rings. The molecule has 1 aromatic carbocycles. The highest BCUT2D eigenvalue weighted by atomic mass is 16.2. The number of carbonyl (C=O) groups is 2. The van der Waals surface area contributed by atoms with Crippen LogP contribution in [0.15, 0.2) is 30.3 Å². The molecule has 6 heteroatoms. The van der Waals surface area contributed by atoms with Gasteiger partial charge in [-0.2, -0.15) is 0 Å². The van der Waals surface area contributed by atoms with Crippen LogP contribution in [0.3, 0.4) is 0 Å². The van der Waals surface area contributed by atoms with Gasteiger partial charge in [0.05, 0.1) is 17.6 Å². The Hall–Kier alpha value is -2.63. The maximum Gasteiger partial charge on any atom is 0.252 e. The number of benzene rings is 1. The second kappa shape index (κ2) is 4.70. The molecule has 18 heavy (non-hydrogen) atoms. The second-order valence-electron chi connectivity index (χ2n) is 3.76. The van der Waals surface area contributed by atoms with Crippen molar-refractivity contribution in [2.75, 3.05) is 12.3 Å². The monoisotopic (exact) mass is 244 g/mol. The van der Waals surface area contributed by atoms with E-state index < -0.39 is 11.8 Å². The van der Waals surface area contributed by atoms with Gasteiger partial charge in [-0.1, -0.05) is 18.2 Å². The van der Waals surface area contributed by atoms with Crippen LogP contribution in [0.5, 0.6) is 0 Å². The third-order valence-electron chi connectivity index (χ3n) is 2.40. The van der Waals surface area contributed by atoms with E-state index in [4.69, 9.17) is 11.5 Å². The van der Waals surface area contributed by atoms with E-state index in [1.807, 2.05) is 0 Å². The third kappa shape index (κ3) is 2.37. The van der Waals surface area contributed by atoms with Crippen LogP contribution in [0.25, 0.3) is 10.9 Å². The minimum atomic E-state index is -0.602. The lowest BCUT2D eigenvalue weighted by molar-refractivity contribution is -0.117. The SMILES string of the molecule is NC(=O)CNC(=O)c1cc(N)nc2ccccc12. The van der Waals surface area contributed by atoms with Crippen LogP contribution in [0.1, 0.15) is 10.4 Å². The first-order chi connectivity index (χ1) is 8.58. The molecule has 0 aliphatic carbocycles. The maximum absolute atomic E-state index is 11.9. The summed E-state index contributed by atoms with van der Waals surface area (Å²) in [5.41, 5.74) is 11.6. The standard InChI is InChI=1S/C12H12N4O2/c13-10-5-8(12(18)15-6-11(14)17)7-3-1-2-4-9(7)16-10/h1-5H,6H2,(H2,13,16)(H2,14,17)(H,15,18). The molecule has 0 aliphatic rings. The number of carbonyl (C=O) groups excluding carboxylic acids is 2. The molecule has 0 bridgehead atoms. The summed E-state index contributed by atoms with van der Waals surface area (Å²) in [5, 5.41) is 3.10. The van der Waals surface area contributed by atoms with Gasteiger partial charge >= 0.3 is 0 Å². The minimum absolute atomic E-state index is 0.213. The van der Waals surface area contributed by atoms with Gasteiger partial charge < -0.3 is 16.8 Å². The average molecular weight is 244 g/mol. The molecule has 1 heterocycles. The lowest BCUT2D eigenvalue weighted by Crippen LogP contribution is -2.33. The molecule has 92 valence electrons. The Balaban J connectivity index is 2.43. The van der Waals surface area contributed by atoms with Crippen molar-refractivity contribution < 1.29 is 9.59 Å². The Morgan fingerprint density at radius 1 is 1.28 bits per heavy atom. The number of aromatic nitrogens is 1. The number of para-hydroxylation sites is 1. The van der Waals surface area contributed by atoms with Crippen LogP contribution < -0.4 is 16.8 Å². The van der Waals surface area contributed by atoms with Gasteiger partial charge in [-0.15, -0.1) is 0 Å². The van der Waals surface area contributed by atoms with Crippen LogP contribution in [-0.4, -0.2) is 23.3 Å². The number of pyridine rings is 1. The number of nitrogens with one attached hydrogen (secondary N) is 1. The third-order valence-corrected chi connectivity index (χ3v) is 2.40. The van der Waals surface area contributed by atoms with E-state index in [0.29, 0.717) is 16.5 Å². The number of amides is 2. The van der Waals surface area contributed by atoms with Crippen molar-refractivity contribution in [2.45, 2.75) is 0 Å². The van der Waals surface area contributed by atoms with Gasteiger partial charge in [-0.3, -0.25) is 9.59 Å². The number of fused-ring (bicyclic) bond motifs is 1. The van der Waals surface area contributed by atoms with Gasteiger partial charge in [0.2, 0.25) is 5.91 Å². The van der Waals surface area contributed by atoms with Gasteiger partial charge in [0.15, 0.2) is 0 Å². The van der Waals surface area contributed by atoms with E-state index >= 15 is 0 Å². The van der Waals surface area contributed by atoms with Gasteiger partial charge in [0, 0.05) is 5.39 Å².